The summed E-state index contributed by atoms with van der Waals surface area (Å²) in [5.74, 6) is -0.554. The predicted molar refractivity (Wildman–Crippen MR) is 147 cm³/mol. The number of carbonyl (C=O) groups excluding carboxylic acids is 2. The summed E-state index contributed by atoms with van der Waals surface area (Å²) in [7, 11) is 0. The zero-order chi connectivity index (χ0) is 26.3. The standard InChI is InChI=1S/C31H24FN3O3/c32-24-15-12-21(13-16-24)20-38-29-17-14-23-7-2-4-10-26(23)28(29)18-34-35-30(36)19-33-31(37)27-11-5-8-22-6-1-3-9-25(22)27/h1-18H,19-20H2,(H,33,37)(H,35,36). The number of ether oxygens (including phenoxy) is 1. The molecule has 188 valence electrons. The second kappa shape index (κ2) is 11.3. The second-order valence-corrected chi connectivity index (χ2v) is 8.62. The van der Waals surface area contributed by atoms with Gasteiger partial charge in [0.25, 0.3) is 11.8 Å². The minimum Gasteiger partial charge on any atom is -0.488 e. The molecule has 2 amide bonds. The Kier molecular flexibility index (Phi) is 7.36. The molecule has 0 aliphatic heterocycles. The molecule has 0 aromatic heterocycles. The van der Waals surface area contributed by atoms with Gasteiger partial charge >= 0.3 is 0 Å². The Hall–Kier alpha value is -5.04. The summed E-state index contributed by atoms with van der Waals surface area (Å²) in [4.78, 5) is 25.1. The first-order valence-corrected chi connectivity index (χ1v) is 12.1. The van der Waals surface area contributed by atoms with Crippen LogP contribution >= 0.6 is 0 Å². The van der Waals surface area contributed by atoms with E-state index in [1.54, 1.807) is 18.2 Å². The lowest BCUT2D eigenvalue weighted by atomic mass is 10.0. The Balaban J connectivity index is 1.26. The maximum Gasteiger partial charge on any atom is 0.259 e. The number of benzene rings is 5. The van der Waals surface area contributed by atoms with E-state index in [0.717, 1.165) is 27.1 Å². The molecule has 0 radical (unpaired) electrons. The smallest absolute Gasteiger partial charge is 0.259 e. The highest BCUT2D eigenvalue weighted by Gasteiger charge is 2.12. The molecule has 6 nitrogen and oxygen atoms in total. The van der Waals surface area contributed by atoms with Crippen molar-refractivity contribution in [2.45, 2.75) is 6.61 Å². The van der Waals surface area contributed by atoms with Crippen LogP contribution in [0.15, 0.2) is 108 Å². The summed E-state index contributed by atoms with van der Waals surface area (Å²) in [5.41, 5.74) is 4.47. The lowest BCUT2D eigenvalue weighted by Gasteiger charge is -2.12. The number of nitrogens with zero attached hydrogens (tertiary/aromatic N) is 1. The van der Waals surface area contributed by atoms with E-state index in [2.05, 4.69) is 15.8 Å². The van der Waals surface area contributed by atoms with Crippen molar-refractivity contribution in [2.24, 2.45) is 5.10 Å². The van der Waals surface area contributed by atoms with E-state index >= 15 is 0 Å². The van der Waals surface area contributed by atoms with Gasteiger partial charge in [0.05, 0.1) is 12.8 Å². The molecule has 38 heavy (non-hydrogen) atoms. The number of rotatable bonds is 8. The van der Waals surface area contributed by atoms with Gasteiger partial charge in [0.2, 0.25) is 0 Å². The zero-order valence-electron chi connectivity index (χ0n) is 20.4. The molecular weight excluding hydrogens is 481 g/mol. The van der Waals surface area contributed by atoms with Gasteiger partial charge in [0.1, 0.15) is 18.2 Å². The van der Waals surface area contributed by atoms with Gasteiger partial charge in [-0.25, -0.2) is 9.82 Å². The fraction of sp³-hybridized carbons (Fsp3) is 0.0645. The number of halogens is 1. The van der Waals surface area contributed by atoms with Crippen molar-refractivity contribution in [3.63, 3.8) is 0 Å². The van der Waals surface area contributed by atoms with Crippen molar-refractivity contribution in [2.75, 3.05) is 6.54 Å². The van der Waals surface area contributed by atoms with E-state index in [1.807, 2.05) is 72.8 Å². The molecule has 5 rings (SSSR count). The van der Waals surface area contributed by atoms with Gasteiger partial charge in [0.15, 0.2) is 0 Å². The Labute approximate surface area is 218 Å². The van der Waals surface area contributed by atoms with E-state index in [0.29, 0.717) is 16.9 Å². The SMILES string of the molecule is O=C(CNC(=O)c1cccc2ccccc12)NN=Cc1c(OCc2ccc(F)cc2)ccc2ccccc12. The van der Waals surface area contributed by atoms with Crippen LogP contribution < -0.4 is 15.5 Å². The van der Waals surface area contributed by atoms with Crippen LogP contribution in [0.3, 0.4) is 0 Å². The van der Waals surface area contributed by atoms with Gasteiger partial charge in [-0.3, -0.25) is 9.59 Å². The molecular formula is C31H24FN3O3. The lowest BCUT2D eigenvalue weighted by molar-refractivity contribution is -0.120. The molecule has 0 heterocycles. The zero-order valence-corrected chi connectivity index (χ0v) is 20.4. The van der Waals surface area contributed by atoms with Crippen LogP contribution in [-0.2, 0) is 11.4 Å². The third-order valence-corrected chi connectivity index (χ3v) is 6.06. The average Bonchev–Trinajstić information content (AvgIpc) is 2.95. The molecule has 0 spiro atoms. The number of carbonyl (C=O) groups is 2. The number of hydrazone groups is 1. The third kappa shape index (κ3) is 5.68. The van der Waals surface area contributed by atoms with E-state index in [9.17, 15) is 14.0 Å². The Morgan fingerprint density at radius 1 is 0.789 bits per heavy atom. The number of fused-ring (bicyclic) bond motifs is 2. The van der Waals surface area contributed by atoms with E-state index in [4.69, 9.17) is 4.74 Å². The van der Waals surface area contributed by atoms with Crippen molar-refractivity contribution in [1.82, 2.24) is 10.7 Å². The molecule has 2 N–H and O–H groups in total. The molecule has 0 fully saturated rings. The summed E-state index contributed by atoms with van der Waals surface area (Å²) in [6.45, 7) is 0.00880. The van der Waals surface area contributed by atoms with Crippen LogP contribution in [0.2, 0.25) is 0 Å². The topological polar surface area (TPSA) is 79.8 Å². The fourth-order valence-electron chi connectivity index (χ4n) is 4.16. The highest BCUT2D eigenvalue weighted by atomic mass is 19.1. The number of hydrogen-bond donors (Lipinski definition) is 2. The molecule has 0 atom stereocenters. The average molecular weight is 506 g/mol. The minimum absolute atomic E-state index is 0.233. The highest BCUT2D eigenvalue weighted by molar-refractivity contribution is 6.08. The van der Waals surface area contributed by atoms with E-state index in [1.165, 1.54) is 18.3 Å². The second-order valence-electron chi connectivity index (χ2n) is 8.62. The monoisotopic (exact) mass is 505 g/mol. The first-order chi connectivity index (χ1) is 18.6. The molecule has 0 saturated carbocycles. The quantitative estimate of drug-likeness (QED) is 0.213. The van der Waals surface area contributed by atoms with Crippen LogP contribution in [0.25, 0.3) is 21.5 Å². The van der Waals surface area contributed by atoms with Gasteiger partial charge < -0.3 is 10.1 Å². The summed E-state index contributed by atoms with van der Waals surface area (Å²) in [6.07, 6.45) is 1.52. The van der Waals surface area contributed by atoms with Gasteiger partial charge in [0, 0.05) is 11.1 Å². The molecule has 0 saturated heterocycles. The third-order valence-electron chi connectivity index (χ3n) is 6.06. The van der Waals surface area contributed by atoms with Crippen molar-refractivity contribution in [3.05, 3.63) is 126 Å². The van der Waals surface area contributed by atoms with E-state index in [-0.39, 0.29) is 24.9 Å². The summed E-state index contributed by atoms with van der Waals surface area (Å²) >= 11 is 0. The highest BCUT2D eigenvalue weighted by Crippen LogP contribution is 2.27. The van der Waals surface area contributed by atoms with Gasteiger partial charge in [-0.2, -0.15) is 5.10 Å². The van der Waals surface area contributed by atoms with Crippen LogP contribution in [0.1, 0.15) is 21.5 Å². The van der Waals surface area contributed by atoms with Crippen LogP contribution in [0.5, 0.6) is 5.75 Å². The maximum atomic E-state index is 13.2. The fourth-order valence-corrected chi connectivity index (χ4v) is 4.16. The number of amides is 2. The van der Waals surface area contributed by atoms with Crippen molar-refractivity contribution >= 4 is 39.6 Å². The van der Waals surface area contributed by atoms with Crippen LogP contribution in [0.4, 0.5) is 4.39 Å². The lowest BCUT2D eigenvalue weighted by Crippen LogP contribution is -2.35. The molecule has 0 aliphatic carbocycles. The van der Waals surface area contributed by atoms with Crippen LogP contribution in [0, 0.1) is 5.82 Å². The van der Waals surface area contributed by atoms with Crippen molar-refractivity contribution < 1.29 is 18.7 Å². The van der Waals surface area contributed by atoms with Gasteiger partial charge in [-0.15, -0.1) is 0 Å². The molecule has 5 aromatic carbocycles. The molecule has 7 heteroatoms. The maximum absolute atomic E-state index is 13.2. The van der Waals surface area contributed by atoms with E-state index < -0.39 is 5.91 Å². The molecule has 0 bridgehead atoms. The first-order valence-electron chi connectivity index (χ1n) is 12.1. The van der Waals surface area contributed by atoms with Gasteiger partial charge in [-0.05, 0) is 51.4 Å². The Bertz CT molecular complexity index is 1640. The summed E-state index contributed by atoms with van der Waals surface area (Å²) in [6, 6.07) is 30.6. The summed E-state index contributed by atoms with van der Waals surface area (Å²) < 4.78 is 19.2. The normalized spacial score (nSPS) is 11.1. The predicted octanol–water partition coefficient (Wildman–Crippen LogP) is 5.59. The molecule has 0 aliphatic rings. The number of hydrogen-bond acceptors (Lipinski definition) is 4. The molecule has 0 unspecified atom stereocenters. The van der Waals surface area contributed by atoms with Crippen molar-refractivity contribution in [1.29, 1.82) is 0 Å². The Morgan fingerprint density at radius 2 is 1.47 bits per heavy atom. The summed E-state index contributed by atoms with van der Waals surface area (Å²) in [5, 5.41) is 10.4. The first kappa shape index (κ1) is 24.6. The largest absolute Gasteiger partial charge is 0.488 e. The van der Waals surface area contributed by atoms with Crippen molar-refractivity contribution in [3.8, 4) is 5.75 Å². The molecule has 5 aromatic rings. The minimum atomic E-state index is -0.469. The Morgan fingerprint density at radius 3 is 2.26 bits per heavy atom. The number of nitrogens with one attached hydrogen (secondary N) is 2. The van der Waals surface area contributed by atoms with Crippen LogP contribution in [-0.4, -0.2) is 24.6 Å². The van der Waals surface area contributed by atoms with Gasteiger partial charge in [-0.1, -0.05) is 78.9 Å².